The van der Waals surface area contributed by atoms with E-state index in [1.54, 1.807) is 0 Å². The number of ether oxygens (including phenoxy) is 3. The van der Waals surface area contributed by atoms with Crippen molar-refractivity contribution in [1.82, 2.24) is 0 Å². The van der Waals surface area contributed by atoms with Crippen molar-refractivity contribution in [2.24, 2.45) is 11.8 Å². The SMILES string of the molecule is CCCCCCCCCCCCCC(=O)OC[C@@H](COC(=O)CCCCCCCCCCC(C)C)OC(=O)CCCCCCCCCCCCCCCCCC(C)C. The topological polar surface area (TPSA) is 78.9 Å². The first-order chi connectivity index (χ1) is 28.2. The van der Waals surface area contributed by atoms with Crippen LogP contribution in [0.5, 0.6) is 0 Å². The molecule has 0 N–H and O–H groups in total. The lowest BCUT2D eigenvalue weighted by molar-refractivity contribution is -0.167. The molecule has 0 aliphatic heterocycles. The molecule has 0 amide bonds. The molecule has 0 aliphatic carbocycles. The molecule has 0 rings (SSSR count). The quantitative estimate of drug-likeness (QED) is 0.0346. The molecule has 0 unspecified atom stereocenters. The zero-order valence-corrected chi connectivity index (χ0v) is 39.7. The summed E-state index contributed by atoms with van der Waals surface area (Å²) in [4.78, 5) is 37.9. The van der Waals surface area contributed by atoms with E-state index in [2.05, 4.69) is 34.6 Å². The van der Waals surface area contributed by atoms with Gasteiger partial charge in [-0.3, -0.25) is 14.4 Å². The molecule has 6 nitrogen and oxygen atoms in total. The van der Waals surface area contributed by atoms with Gasteiger partial charge >= 0.3 is 17.9 Å². The van der Waals surface area contributed by atoms with E-state index in [4.69, 9.17) is 14.2 Å². The van der Waals surface area contributed by atoms with Gasteiger partial charge in [-0.15, -0.1) is 0 Å². The number of carbonyl (C=O) groups is 3. The van der Waals surface area contributed by atoms with Crippen molar-refractivity contribution in [2.75, 3.05) is 13.2 Å². The van der Waals surface area contributed by atoms with E-state index in [1.165, 1.54) is 173 Å². The van der Waals surface area contributed by atoms with Crippen LogP contribution in [0.4, 0.5) is 0 Å². The first-order valence-corrected chi connectivity index (χ1v) is 25.7. The van der Waals surface area contributed by atoms with Crippen LogP contribution in [0.2, 0.25) is 0 Å². The Labute approximate surface area is 361 Å². The number of hydrogen-bond acceptors (Lipinski definition) is 6. The van der Waals surface area contributed by atoms with Gasteiger partial charge in [0.2, 0.25) is 0 Å². The average molecular weight is 821 g/mol. The molecule has 344 valence electrons. The average Bonchev–Trinajstić information content (AvgIpc) is 3.19. The Hall–Kier alpha value is -1.59. The van der Waals surface area contributed by atoms with Crippen LogP contribution < -0.4 is 0 Å². The molecule has 1 atom stereocenters. The van der Waals surface area contributed by atoms with Crippen molar-refractivity contribution < 1.29 is 28.6 Å². The Bertz CT molecular complexity index is 885. The standard InChI is InChI=1S/C52H100O6/c1-6-7-8-9-10-11-17-21-27-32-37-42-50(53)56-45-49(46-57-51(54)43-38-33-28-24-23-26-31-36-41-48(4)5)58-52(55)44-39-34-29-22-19-16-14-12-13-15-18-20-25-30-35-40-47(2)3/h47-49H,6-46H2,1-5H3/t49-/m0/s1. The molecule has 0 saturated carbocycles. The largest absolute Gasteiger partial charge is 0.462 e. The van der Waals surface area contributed by atoms with Crippen molar-refractivity contribution in [3.8, 4) is 0 Å². The van der Waals surface area contributed by atoms with Gasteiger partial charge in [0.05, 0.1) is 0 Å². The Morgan fingerprint density at radius 1 is 0.328 bits per heavy atom. The summed E-state index contributed by atoms with van der Waals surface area (Å²) in [6.07, 6.45) is 45.2. The third kappa shape index (κ3) is 45.5. The second kappa shape index (κ2) is 44.9. The molecule has 0 radical (unpaired) electrons. The predicted octanol–water partition coefficient (Wildman–Crippen LogP) is 16.5. The van der Waals surface area contributed by atoms with E-state index < -0.39 is 6.10 Å². The van der Waals surface area contributed by atoms with E-state index >= 15 is 0 Å². The lowest BCUT2D eigenvalue weighted by Crippen LogP contribution is -2.30. The molecule has 0 aliphatic rings. The van der Waals surface area contributed by atoms with E-state index in [0.29, 0.717) is 19.3 Å². The van der Waals surface area contributed by atoms with Crippen LogP contribution in [-0.4, -0.2) is 37.2 Å². The molecule has 0 aromatic carbocycles. The highest BCUT2D eigenvalue weighted by atomic mass is 16.6. The number of rotatable bonds is 46. The summed E-state index contributed by atoms with van der Waals surface area (Å²) < 4.78 is 16.8. The fourth-order valence-corrected chi connectivity index (χ4v) is 7.81. The van der Waals surface area contributed by atoms with Crippen LogP contribution in [0.15, 0.2) is 0 Å². The normalized spacial score (nSPS) is 12.1. The van der Waals surface area contributed by atoms with Gasteiger partial charge in [-0.1, -0.05) is 247 Å². The zero-order valence-electron chi connectivity index (χ0n) is 39.7. The summed E-state index contributed by atoms with van der Waals surface area (Å²) in [6.45, 7) is 11.3. The molecule has 58 heavy (non-hydrogen) atoms. The van der Waals surface area contributed by atoms with Gasteiger partial charge < -0.3 is 14.2 Å². The fourth-order valence-electron chi connectivity index (χ4n) is 7.81. The monoisotopic (exact) mass is 821 g/mol. The van der Waals surface area contributed by atoms with Crippen LogP contribution in [0.25, 0.3) is 0 Å². The third-order valence-electron chi connectivity index (χ3n) is 11.7. The van der Waals surface area contributed by atoms with Crippen LogP contribution in [0, 0.1) is 11.8 Å². The van der Waals surface area contributed by atoms with Gasteiger partial charge in [0.1, 0.15) is 13.2 Å². The number of carbonyl (C=O) groups excluding carboxylic acids is 3. The number of hydrogen-bond donors (Lipinski definition) is 0. The van der Waals surface area contributed by atoms with Gasteiger partial charge in [-0.2, -0.15) is 0 Å². The molecule has 6 heteroatoms. The first kappa shape index (κ1) is 56.4. The van der Waals surface area contributed by atoms with Crippen LogP contribution in [-0.2, 0) is 28.6 Å². The van der Waals surface area contributed by atoms with Crippen LogP contribution in [0.3, 0.4) is 0 Å². The maximum Gasteiger partial charge on any atom is 0.306 e. The second-order valence-corrected chi connectivity index (χ2v) is 18.8. The Kier molecular flexibility index (Phi) is 43.7. The highest BCUT2D eigenvalue weighted by molar-refractivity contribution is 5.71. The maximum atomic E-state index is 12.8. The number of unbranched alkanes of at least 4 members (excludes halogenated alkanes) is 31. The van der Waals surface area contributed by atoms with Crippen molar-refractivity contribution >= 4 is 17.9 Å². The molecule has 0 fully saturated rings. The van der Waals surface area contributed by atoms with Gasteiger partial charge in [0, 0.05) is 19.3 Å². The molecule has 0 aromatic heterocycles. The van der Waals surface area contributed by atoms with Crippen molar-refractivity contribution in [3.05, 3.63) is 0 Å². The van der Waals surface area contributed by atoms with Crippen molar-refractivity contribution in [2.45, 2.75) is 291 Å². The van der Waals surface area contributed by atoms with Crippen molar-refractivity contribution in [1.29, 1.82) is 0 Å². The van der Waals surface area contributed by atoms with E-state index in [9.17, 15) is 14.4 Å². The molecule has 0 spiro atoms. The summed E-state index contributed by atoms with van der Waals surface area (Å²) in [6, 6.07) is 0. The number of esters is 3. The Morgan fingerprint density at radius 3 is 0.845 bits per heavy atom. The highest BCUT2D eigenvalue weighted by Crippen LogP contribution is 2.17. The minimum absolute atomic E-state index is 0.0640. The van der Waals surface area contributed by atoms with Gasteiger partial charge in [-0.25, -0.2) is 0 Å². The molecule has 0 heterocycles. The molecule has 0 saturated heterocycles. The lowest BCUT2D eigenvalue weighted by Gasteiger charge is -2.18. The van der Waals surface area contributed by atoms with E-state index in [0.717, 1.165) is 69.6 Å². The van der Waals surface area contributed by atoms with Gasteiger partial charge in [0.15, 0.2) is 6.10 Å². The van der Waals surface area contributed by atoms with Gasteiger partial charge in [0.25, 0.3) is 0 Å². The minimum Gasteiger partial charge on any atom is -0.462 e. The summed E-state index contributed by atoms with van der Waals surface area (Å²) >= 11 is 0. The Morgan fingerprint density at radius 2 is 0.569 bits per heavy atom. The smallest absolute Gasteiger partial charge is 0.306 e. The fraction of sp³-hybridized carbons (Fsp3) is 0.942. The second-order valence-electron chi connectivity index (χ2n) is 18.8. The third-order valence-corrected chi connectivity index (χ3v) is 11.7. The van der Waals surface area contributed by atoms with E-state index in [-0.39, 0.29) is 31.1 Å². The molecule has 0 aromatic rings. The summed E-state index contributed by atoms with van der Waals surface area (Å²) in [5.74, 6) is 0.794. The Balaban J connectivity index is 4.27. The molecular formula is C52H100O6. The minimum atomic E-state index is -0.761. The van der Waals surface area contributed by atoms with Crippen molar-refractivity contribution in [3.63, 3.8) is 0 Å². The highest BCUT2D eigenvalue weighted by Gasteiger charge is 2.19. The maximum absolute atomic E-state index is 12.8. The first-order valence-electron chi connectivity index (χ1n) is 25.7. The summed E-state index contributed by atoms with van der Waals surface area (Å²) in [7, 11) is 0. The van der Waals surface area contributed by atoms with E-state index in [1.807, 2.05) is 0 Å². The molecule has 0 bridgehead atoms. The summed E-state index contributed by atoms with van der Waals surface area (Å²) in [5.41, 5.74) is 0. The summed E-state index contributed by atoms with van der Waals surface area (Å²) in [5, 5.41) is 0. The van der Waals surface area contributed by atoms with Gasteiger partial charge in [-0.05, 0) is 31.1 Å². The lowest BCUT2D eigenvalue weighted by atomic mass is 10.0. The van der Waals surface area contributed by atoms with Crippen LogP contribution in [0.1, 0.15) is 285 Å². The molecular weight excluding hydrogens is 721 g/mol. The van der Waals surface area contributed by atoms with Crippen LogP contribution >= 0.6 is 0 Å². The zero-order chi connectivity index (χ0) is 42.6. The predicted molar refractivity (Wildman–Crippen MR) is 247 cm³/mol.